The molecule has 0 unspecified atom stereocenters. The Bertz CT molecular complexity index is 373. The minimum Gasteiger partial charge on any atom is -0.344 e. The van der Waals surface area contributed by atoms with E-state index in [1.54, 1.807) is 0 Å². The molecular formula is C14H24ClN3O2. The molecule has 2 amide bonds. The second kappa shape index (κ2) is 6.31. The molecule has 20 heavy (non-hydrogen) atoms. The van der Waals surface area contributed by atoms with Gasteiger partial charge in [0, 0.05) is 19.5 Å². The summed E-state index contributed by atoms with van der Waals surface area (Å²) in [4.78, 5) is 25.5. The molecule has 0 radical (unpaired) electrons. The van der Waals surface area contributed by atoms with E-state index in [2.05, 4.69) is 10.6 Å². The van der Waals surface area contributed by atoms with Gasteiger partial charge in [0.05, 0.1) is 0 Å². The van der Waals surface area contributed by atoms with Gasteiger partial charge in [-0.1, -0.05) is 0 Å². The molecule has 3 rings (SSSR count). The molecule has 3 aliphatic rings. The lowest BCUT2D eigenvalue weighted by Crippen LogP contribution is -2.51. The zero-order chi connectivity index (χ0) is 13.3. The number of amides is 2. The van der Waals surface area contributed by atoms with Crippen LogP contribution in [-0.2, 0) is 9.59 Å². The Morgan fingerprint density at radius 2 is 1.80 bits per heavy atom. The van der Waals surface area contributed by atoms with Gasteiger partial charge < -0.3 is 15.5 Å². The molecule has 0 aromatic carbocycles. The van der Waals surface area contributed by atoms with Crippen LogP contribution in [0.2, 0.25) is 0 Å². The summed E-state index contributed by atoms with van der Waals surface area (Å²) in [6, 6.07) is -0.255. The van der Waals surface area contributed by atoms with Gasteiger partial charge >= 0.3 is 0 Å². The average Bonchev–Trinajstić information content (AvgIpc) is 2.87. The maximum Gasteiger partial charge on any atom is 0.245 e. The summed E-state index contributed by atoms with van der Waals surface area (Å²) in [6.45, 7) is 3.97. The van der Waals surface area contributed by atoms with E-state index in [1.807, 2.05) is 4.90 Å². The fraction of sp³-hybridized carbons (Fsp3) is 0.857. The van der Waals surface area contributed by atoms with Crippen LogP contribution in [0.5, 0.6) is 0 Å². The summed E-state index contributed by atoms with van der Waals surface area (Å²) in [5.41, 5.74) is 0.473. The highest BCUT2D eigenvalue weighted by atomic mass is 35.5. The van der Waals surface area contributed by atoms with Crippen LogP contribution < -0.4 is 10.6 Å². The number of carbonyl (C=O) groups is 2. The number of halogens is 1. The van der Waals surface area contributed by atoms with E-state index < -0.39 is 0 Å². The predicted octanol–water partition coefficient (Wildman–Crippen LogP) is 0.679. The first-order chi connectivity index (χ1) is 9.19. The molecule has 0 aliphatic carbocycles. The minimum absolute atomic E-state index is 0. The van der Waals surface area contributed by atoms with Crippen molar-refractivity contribution in [2.75, 3.05) is 26.2 Å². The maximum absolute atomic E-state index is 12.3. The standard InChI is InChI=1S/C14H23N3O2.ClH/c18-12-2-1-11(16-12)13(19)17-9-5-14(6-10-17)3-7-15-8-4-14;/h11,15H,1-10H2,(H,16,18);1H/t11-;/m0./s1. The quantitative estimate of drug-likeness (QED) is 0.749. The third-order valence-electron chi connectivity index (χ3n) is 5.09. The first-order valence-corrected chi connectivity index (χ1v) is 7.47. The molecule has 114 valence electrons. The molecule has 5 nitrogen and oxygen atoms in total. The summed E-state index contributed by atoms with van der Waals surface area (Å²) in [5.74, 6) is 0.153. The molecule has 0 aromatic heterocycles. The van der Waals surface area contributed by atoms with E-state index in [0.717, 1.165) is 39.0 Å². The van der Waals surface area contributed by atoms with Gasteiger partial charge in [-0.05, 0) is 50.6 Å². The third kappa shape index (κ3) is 3.09. The number of hydrogen-bond donors (Lipinski definition) is 2. The lowest BCUT2D eigenvalue weighted by Gasteiger charge is -2.44. The van der Waals surface area contributed by atoms with Gasteiger partial charge in [0.15, 0.2) is 0 Å². The van der Waals surface area contributed by atoms with Crippen molar-refractivity contribution in [3.8, 4) is 0 Å². The summed E-state index contributed by atoms with van der Waals surface area (Å²) < 4.78 is 0. The van der Waals surface area contributed by atoms with Gasteiger partial charge in [0.2, 0.25) is 11.8 Å². The van der Waals surface area contributed by atoms with Crippen molar-refractivity contribution in [3.63, 3.8) is 0 Å². The molecule has 0 bridgehead atoms. The third-order valence-corrected chi connectivity index (χ3v) is 5.09. The van der Waals surface area contributed by atoms with Crippen LogP contribution in [-0.4, -0.2) is 48.9 Å². The molecule has 3 fully saturated rings. The van der Waals surface area contributed by atoms with E-state index in [-0.39, 0.29) is 30.3 Å². The van der Waals surface area contributed by atoms with Gasteiger partial charge in [-0.15, -0.1) is 12.4 Å². The van der Waals surface area contributed by atoms with Crippen molar-refractivity contribution in [1.29, 1.82) is 0 Å². The second-order valence-corrected chi connectivity index (χ2v) is 6.23. The highest BCUT2D eigenvalue weighted by molar-refractivity contribution is 5.90. The number of nitrogens with one attached hydrogen (secondary N) is 2. The summed E-state index contributed by atoms with van der Waals surface area (Å²) in [5, 5.41) is 6.19. The van der Waals surface area contributed by atoms with Crippen molar-refractivity contribution in [2.45, 2.75) is 44.6 Å². The first kappa shape index (κ1) is 15.6. The molecule has 3 saturated heterocycles. The van der Waals surface area contributed by atoms with Gasteiger partial charge in [-0.3, -0.25) is 9.59 Å². The molecule has 1 spiro atoms. The predicted molar refractivity (Wildman–Crippen MR) is 78.8 cm³/mol. The second-order valence-electron chi connectivity index (χ2n) is 6.23. The number of nitrogens with zero attached hydrogens (tertiary/aromatic N) is 1. The number of rotatable bonds is 1. The van der Waals surface area contributed by atoms with Crippen LogP contribution in [0.1, 0.15) is 38.5 Å². The number of likely N-dealkylation sites (tertiary alicyclic amines) is 1. The van der Waals surface area contributed by atoms with Crippen LogP contribution in [0.15, 0.2) is 0 Å². The highest BCUT2D eigenvalue weighted by Gasteiger charge is 2.39. The maximum atomic E-state index is 12.3. The molecule has 3 aliphatic heterocycles. The molecule has 6 heteroatoms. The summed E-state index contributed by atoms with van der Waals surface area (Å²) in [7, 11) is 0. The van der Waals surface area contributed by atoms with Gasteiger partial charge in [0.25, 0.3) is 0 Å². The summed E-state index contributed by atoms with van der Waals surface area (Å²) in [6.07, 6.45) is 5.91. The van der Waals surface area contributed by atoms with Crippen molar-refractivity contribution in [1.82, 2.24) is 15.5 Å². The zero-order valence-corrected chi connectivity index (χ0v) is 12.6. The van der Waals surface area contributed by atoms with E-state index >= 15 is 0 Å². The van der Waals surface area contributed by atoms with Gasteiger partial charge in [0.1, 0.15) is 6.04 Å². The average molecular weight is 302 g/mol. The van der Waals surface area contributed by atoms with Crippen molar-refractivity contribution < 1.29 is 9.59 Å². The Labute approximate surface area is 126 Å². The first-order valence-electron chi connectivity index (χ1n) is 7.47. The Balaban J connectivity index is 0.00000147. The van der Waals surface area contributed by atoms with Crippen molar-refractivity contribution in [2.24, 2.45) is 5.41 Å². The van der Waals surface area contributed by atoms with E-state index in [9.17, 15) is 9.59 Å². The van der Waals surface area contributed by atoms with Crippen molar-refractivity contribution in [3.05, 3.63) is 0 Å². The monoisotopic (exact) mass is 301 g/mol. The Kier molecular flexibility index (Phi) is 4.91. The lowest BCUT2D eigenvalue weighted by atomic mass is 9.71. The molecule has 3 heterocycles. The van der Waals surface area contributed by atoms with Crippen molar-refractivity contribution >= 4 is 24.2 Å². The van der Waals surface area contributed by atoms with Crippen LogP contribution in [0.25, 0.3) is 0 Å². The topological polar surface area (TPSA) is 61.4 Å². The summed E-state index contributed by atoms with van der Waals surface area (Å²) >= 11 is 0. The van der Waals surface area contributed by atoms with Gasteiger partial charge in [-0.25, -0.2) is 0 Å². The molecule has 1 atom stereocenters. The molecule has 0 saturated carbocycles. The lowest BCUT2D eigenvalue weighted by molar-refractivity contribution is -0.136. The highest BCUT2D eigenvalue weighted by Crippen LogP contribution is 2.39. The smallest absolute Gasteiger partial charge is 0.245 e. The van der Waals surface area contributed by atoms with E-state index in [4.69, 9.17) is 0 Å². The Hall–Kier alpha value is -0.810. The fourth-order valence-corrected chi connectivity index (χ4v) is 3.68. The zero-order valence-electron chi connectivity index (χ0n) is 11.8. The minimum atomic E-state index is -0.255. The van der Waals surface area contributed by atoms with Crippen LogP contribution in [0.3, 0.4) is 0 Å². The molecule has 2 N–H and O–H groups in total. The molecular weight excluding hydrogens is 278 g/mol. The number of hydrogen-bond acceptors (Lipinski definition) is 3. The van der Waals surface area contributed by atoms with E-state index in [0.29, 0.717) is 18.3 Å². The Morgan fingerprint density at radius 3 is 2.35 bits per heavy atom. The van der Waals surface area contributed by atoms with Crippen LogP contribution in [0, 0.1) is 5.41 Å². The van der Waals surface area contributed by atoms with Gasteiger partial charge in [-0.2, -0.15) is 0 Å². The largest absolute Gasteiger partial charge is 0.344 e. The Morgan fingerprint density at radius 1 is 1.15 bits per heavy atom. The normalized spacial score (nSPS) is 28.9. The molecule has 0 aromatic rings. The number of carbonyl (C=O) groups excluding carboxylic acids is 2. The van der Waals surface area contributed by atoms with Crippen LogP contribution >= 0.6 is 12.4 Å². The van der Waals surface area contributed by atoms with E-state index in [1.165, 1.54) is 12.8 Å². The van der Waals surface area contributed by atoms with Crippen LogP contribution in [0.4, 0.5) is 0 Å². The number of piperidine rings is 2. The SMILES string of the molecule is Cl.O=C1CC[C@@H](C(=O)N2CCC3(CCNCC3)CC2)N1. The fourth-order valence-electron chi connectivity index (χ4n) is 3.68.